The molecule has 0 fully saturated rings. The van der Waals surface area contributed by atoms with Crippen LogP contribution in [0, 0.1) is 12.7 Å². The highest BCUT2D eigenvalue weighted by Crippen LogP contribution is 2.19. The second-order valence-corrected chi connectivity index (χ2v) is 5.44. The van der Waals surface area contributed by atoms with Crippen molar-refractivity contribution in [2.75, 3.05) is 20.1 Å². The molecule has 2 N–H and O–H groups in total. The molecule has 0 aromatic heterocycles. The number of amides is 1. The fraction of sp³-hybridized carbons (Fsp3) is 0.533. The molecule has 0 aliphatic heterocycles. The van der Waals surface area contributed by atoms with E-state index in [-0.39, 0.29) is 24.3 Å². The number of carbonyl (C=O) groups excluding carboxylic acids is 1. The molecule has 1 atom stereocenters. The largest absolute Gasteiger partial charge is 0.387 e. The van der Waals surface area contributed by atoms with Crippen LogP contribution in [-0.4, -0.2) is 42.1 Å². The maximum Gasteiger partial charge on any atom is 0.234 e. The number of halogens is 1. The molecule has 0 saturated carbocycles. The SMILES string of the molecule is Cc1cc(F)ccc1C(O)CN(C)CC(=O)NC(C)C. The zero-order valence-electron chi connectivity index (χ0n) is 12.5. The Kier molecular flexibility index (Phi) is 6.10. The van der Waals surface area contributed by atoms with E-state index in [0.717, 1.165) is 0 Å². The second-order valence-electron chi connectivity index (χ2n) is 5.44. The van der Waals surface area contributed by atoms with Gasteiger partial charge in [0.15, 0.2) is 0 Å². The molecule has 0 spiro atoms. The van der Waals surface area contributed by atoms with Crippen LogP contribution in [0.4, 0.5) is 4.39 Å². The molecule has 0 radical (unpaired) electrons. The van der Waals surface area contributed by atoms with Gasteiger partial charge in [-0.3, -0.25) is 9.69 Å². The van der Waals surface area contributed by atoms with Crippen molar-refractivity contribution >= 4 is 5.91 Å². The topological polar surface area (TPSA) is 52.6 Å². The number of hydrogen-bond donors (Lipinski definition) is 2. The first kappa shape index (κ1) is 16.6. The van der Waals surface area contributed by atoms with Gasteiger partial charge in [0.05, 0.1) is 12.6 Å². The van der Waals surface area contributed by atoms with Crippen molar-refractivity contribution in [3.63, 3.8) is 0 Å². The Hall–Kier alpha value is -1.46. The summed E-state index contributed by atoms with van der Waals surface area (Å²) in [6.45, 7) is 6.09. The van der Waals surface area contributed by atoms with E-state index in [1.54, 1.807) is 24.9 Å². The Morgan fingerprint density at radius 1 is 1.45 bits per heavy atom. The zero-order valence-corrected chi connectivity index (χ0v) is 12.5. The number of hydrogen-bond acceptors (Lipinski definition) is 3. The molecule has 0 bridgehead atoms. The Morgan fingerprint density at radius 3 is 2.65 bits per heavy atom. The highest BCUT2D eigenvalue weighted by molar-refractivity contribution is 5.78. The number of aliphatic hydroxyl groups excluding tert-OH is 1. The molecule has 1 aromatic carbocycles. The van der Waals surface area contributed by atoms with Crippen LogP contribution in [0.3, 0.4) is 0 Å². The summed E-state index contributed by atoms with van der Waals surface area (Å²) < 4.78 is 13.0. The van der Waals surface area contributed by atoms with Gasteiger partial charge in [-0.1, -0.05) is 6.07 Å². The number of likely N-dealkylation sites (N-methyl/N-ethyl adjacent to an activating group) is 1. The molecule has 1 unspecified atom stereocenters. The van der Waals surface area contributed by atoms with Crippen LogP contribution in [0.1, 0.15) is 31.1 Å². The number of carbonyl (C=O) groups is 1. The van der Waals surface area contributed by atoms with E-state index >= 15 is 0 Å². The normalized spacial score (nSPS) is 12.8. The van der Waals surface area contributed by atoms with E-state index in [2.05, 4.69) is 5.32 Å². The predicted octanol–water partition coefficient (Wildman–Crippen LogP) is 1.62. The summed E-state index contributed by atoms with van der Waals surface area (Å²) in [6, 6.07) is 4.40. The number of aliphatic hydroxyl groups is 1. The first-order chi connectivity index (χ1) is 9.29. The van der Waals surface area contributed by atoms with Gasteiger partial charge >= 0.3 is 0 Å². The van der Waals surface area contributed by atoms with Gasteiger partial charge in [-0.25, -0.2) is 4.39 Å². The van der Waals surface area contributed by atoms with Gasteiger partial charge in [-0.2, -0.15) is 0 Å². The molecular formula is C15H23FN2O2. The zero-order chi connectivity index (χ0) is 15.3. The van der Waals surface area contributed by atoms with Crippen molar-refractivity contribution in [3.8, 4) is 0 Å². The molecule has 112 valence electrons. The molecule has 0 aliphatic carbocycles. The predicted molar refractivity (Wildman–Crippen MR) is 76.9 cm³/mol. The number of nitrogens with zero attached hydrogens (tertiary/aromatic N) is 1. The van der Waals surface area contributed by atoms with Crippen LogP contribution in [-0.2, 0) is 4.79 Å². The quantitative estimate of drug-likeness (QED) is 0.833. The van der Waals surface area contributed by atoms with Gasteiger partial charge in [0.25, 0.3) is 0 Å². The van der Waals surface area contributed by atoms with Crippen LogP contribution in [0.25, 0.3) is 0 Å². The summed E-state index contributed by atoms with van der Waals surface area (Å²) in [5, 5.41) is 13.0. The minimum Gasteiger partial charge on any atom is -0.387 e. The first-order valence-electron chi connectivity index (χ1n) is 6.71. The lowest BCUT2D eigenvalue weighted by atomic mass is 10.0. The summed E-state index contributed by atoms with van der Waals surface area (Å²) in [4.78, 5) is 13.4. The van der Waals surface area contributed by atoms with E-state index < -0.39 is 6.10 Å². The van der Waals surface area contributed by atoms with Crippen molar-refractivity contribution in [1.29, 1.82) is 0 Å². The third-order valence-corrected chi connectivity index (χ3v) is 2.94. The fourth-order valence-corrected chi connectivity index (χ4v) is 2.08. The lowest BCUT2D eigenvalue weighted by molar-refractivity contribution is -0.122. The molecule has 20 heavy (non-hydrogen) atoms. The van der Waals surface area contributed by atoms with Crippen molar-refractivity contribution in [2.45, 2.75) is 32.9 Å². The van der Waals surface area contributed by atoms with Crippen LogP contribution in [0.5, 0.6) is 0 Å². The molecule has 1 aromatic rings. The van der Waals surface area contributed by atoms with Crippen LogP contribution in [0.2, 0.25) is 0 Å². The summed E-state index contributed by atoms with van der Waals surface area (Å²) in [7, 11) is 1.77. The maximum absolute atomic E-state index is 13.0. The maximum atomic E-state index is 13.0. The summed E-state index contributed by atoms with van der Waals surface area (Å²) in [6.07, 6.45) is -0.743. The van der Waals surface area contributed by atoms with Gasteiger partial charge in [0, 0.05) is 12.6 Å². The van der Waals surface area contributed by atoms with Crippen molar-refractivity contribution in [1.82, 2.24) is 10.2 Å². The Bertz CT molecular complexity index is 463. The number of rotatable bonds is 6. The first-order valence-corrected chi connectivity index (χ1v) is 6.71. The highest BCUT2D eigenvalue weighted by atomic mass is 19.1. The van der Waals surface area contributed by atoms with Crippen LogP contribution in [0.15, 0.2) is 18.2 Å². The van der Waals surface area contributed by atoms with Crippen molar-refractivity contribution in [3.05, 3.63) is 35.1 Å². The van der Waals surface area contributed by atoms with E-state index in [9.17, 15) is 14.3 Å². The molecule has 1 amide bonds. The molecular weight excluding hydrogens is 259 g/mol. The second kappa shape index (κ2) is 7.36. The van der Waals surface area contributed by atoms with E-state index in [1.807, 2.05) is 13.8 Å². The van der Waals surface area contributed by atoms with Gasteiger partial charge in [0.1, 0.15) is 5.82 Å². The van der Waals surface area contributed by atoms with Crippen molar-refractivity contribution in [2.24, 2.45) is 0 Å². The number of benzene rings is 1. The van der Waals surface area contributed by atoms with Gasteiger partial charge in [0.2, 0.25) is 5.91 Å². The third-order valence-electron chi connectivity index (χ3n) is 2.94. The molecule has 0 saturated heterocycles. The van der Waals surface area contributed by atoms with E-state index in [1.165, 1.54) is 12.1 Å². The molecule has 1 rings (SSSR count). The lowest BCUT2D eigenvalue weighted by Crippen LogP contribution is -2.39. The Balaban J connectivity index is 2.57. The lowest BCUT2D eigenvalue weighted by Gasteiger charge is -2.22. The highest BCUT2D eigenvalue weighted by Gasteiger charge is 2.15. The average Bonchev–Trinajstić information content (AvgIpc) is 2.26. The Morgan fingerprint density at radius 2 is 2.10 bits per heavy atom. The number of aryl methyl sites for hydroxylation is 1. The van der Waals surface area contributed by atoms with E-state index in [4.69, 9.17) is 0 Å². The van der Waals surface area contributed by atoms with Crippen LogP contribution >= 0.6 is 0 Å². The summed E-state index contributed by atoms with van der Waals surface area (Å²) in [5.41, 5.74) is 1.39. The molecule has 5 heteroatoms. The number of nitrogens with one attached hydrogen (secondary N) is 1. The molecule has 0 aliphatic rings. The van der Waals surface area contributed by atoms with Crippen molar-refractivity contribution < 1.29 is 14.3 Å². The minimum atomic E-state index is -0.743. The monoisotopic (exact) mass is 282 g/mol. The van der Waals surface area contributed by atoms with E-state index in [0.29, 0.717) is 17.7 Å². The standard InChI is InChI=1S/C15H23FN2O2/c1-10(2)17-15(20)9-18(4)8-14(19)13-6-5-12(16)7-11(13)3/h5-7,10,14,19H,8-9H2,1-4H3,(H,17,20). The van der Waals surface area contributed by atoms with Gasteiger partial charge in [-0.05, 0) is 51.1 Å². The fourth-order valence-electron chi connectivity index (χ4n) is 2.08. The van der Waals surface area contributed by atoms with Gasteiger partial charge < -0.3 is 10.4 Å². The third kappa shape index (κ3) is 5.27. The minimum absolute atomic E-state index is 0.0782. The molecule has 4 nitrogen and oxygen atoms in total. The van der Waals surface area contributed by atoms with Crippen LogP contribution < -0.4 is 5.32 Å². The average molecular weight is 282 g/mol. The summed E-state index contributed by atoms with van der Waals surface area (Å²) in [5.74, 6) is -0.395. The Labute approximate surface area is 119 Å². The molecule has 0 heterocycles. The summed E-state index contributed by atoms with van der Waals surface area (Å²) >= 11 is 0. The van der Waals surface area contributed by atoms with Gasteiger partial charge in [-0.15, -0.1) is 0 Å². The smallest absolute Gasteiger partial charge is 0.234 e.